The van der Waals surface area contributed by atoms with Gasteiger partial charge in [0.1, 0.15) is 0 Å². The van der Waals surface area contributed by atoms with Gasteiger partial charge in [-0.05, 0) is 31.1 Å². The summed E-state index contributed by atoms with van der Waals surface area (Å²) in [6.45, 7) is 8.93. The van der Waals surface area contributed by atoms with Gasteiger partial charge in [0, 0.05) is 83.5 Å². The monoisotopic (exact) mass is 414 g/mol. The van der Waals surface area contributed by atoms with Crippen LogP contribution < -0.4 is 0 Å². The first kappa shape index (κ1) is 21.4. The average Bonchev–Trinajstić information content (AvgIpc) is 3.23. The molecule has 0 spiro atoms. The Labute approximate surface area is 181 Å². The van der Waals surface area contributed by atoms with Gasteiger partial charge in [0.25, 0.3) is 0 Å². The largest absolute Gasteiger partial charge is 0.501 e. The van der Waals surface area contributed by atoms with E-state index in [4.69, 9.17) is 4.74 Å². The Hall–Kier alpha value is -1.79. The Bertz CT molecular complexity index is 665. The first-order valence-corrected chi connectivity index (χ1v) is 11.8. The number of hydrogen-bond donors (Lipinski definition) is 0. The molecule has 2 heterocycles. The lowest BCUT2D eigenvalue weighted by Gasteiger charge is -2.39. The molecule has 2 saturated heterocycles. The van der Waals surface area contributed by atoms with Gasteiger partial charge in [0.15, 0.2) is 0 Å². The molecule has 0 atom stereocenters. The first-order chi connectivity index (χ1) is 14.7. The molecule has 0 aromatic rings. The molecule has 1 saturated carbocycles. The molecule has 4 aliphatic rings. The third kappa shape index (κ3) is 5.46. The van der Waals surface area contributed by atoms with Crippen molar-refractivity contribution in [3.8, 4) is 0 Å². The van der Waals surface area contributed by atoms with Crippen LogP contribution in [-0.4, -0.2) is 97.6 Å². The summed E-state index contributed by atoms with van der Waals surface area (Å²) in [7, 11) is 1.73. The second-order valence-corrected chi connectivity index (χ2v) is 8.97. The fourth-order valence-corrected chi connectivity index (χ4v) is 5.21. The highest BCUT2D eigenvalue weighted by atomic mass is 16.5. The maximum Gasteiger partial charge on any atom is 0.223 e. The first-order valence-electron chi connectivity index (χ1n) is 11.8. The number of carbonyl (C=O) groups excluding carboxylic acids is 1. The molecule has 4 rings (SSSR count). The van der Waals surface area contributed by atoms with Gasteiger partial charge in [-0.15, -0.1) is 0 Å². The van der Waals surface area contributed by atoms with Crippen molar-refractivity contribution in [1.82, 2.24) is 19.6 Å². The highest BCUT2D eigenvalue weighted by Crippen LogP contribution is 2.24. The van der Waals surface area contributed by atoms with E-state index in [9.17, 15) is 4.79 Å². The van der Waals surface area contributed by atoms with Crippen LogP contribution in [0.1, 0.15) is 38.5 Å². The molecular formula is C24H38N4O2. The number of carbonyl (C=O) groups is 1. The lowest BCUT2D eigenvalue weighted by molar-refractivity contribution is -0.133. The zero-order valence-electron chi connectivity index (χ0n) is 18.6. The summed E-state index contributed by atoms with van der Waals surface area (Å²) in [5.74, 6) is 1.35. The third-order valence-corrected chi connectivity index (χ3v) is 7.20. The van der Waals surface area contributed by atoms with Crippen molar-refractivity contribution < 1.29 is 9.53 Å². The normalized spacial score (nSPS) is 24.6. The van der Waals surface area contributed by atoms with E-state index in [2.05, 4.69) is 43.9 Å². The minimum absolute atomic E-state index is 0.343. The predicted molar refractivity (Wildman–Crippen MR) is 120 cm³/mol. The molecule has 0 radical (unpaired) electrons. The molecule has 0 aromatic carbocycles. The van der Waals surface area contributed by atoms with Crippen molar-refractivity contribution in [2.75, 3.05) is 66.0 Å². The standard InChI is InChI=1S/C24H38N4O2/c1-30-23-8-4-7-22(9-10-23)26-15-13-25(14-16-26)12-11-24(29)28-19-17-27(18-20-28)21-5-2-3-6-21/h4,7,9-10,21H,2-3,5-6,8,11-20H2,1H3. The molecular weight excluding hydrogens is 376 g/mol. The van der Waals surface area contributed by atoms with Crippen LogP contribution in [0.5, 0.6) is 0 Å². The Morgan fingerprint density at radius 1 is 1.00 bits per heavy atom. The summed E-state index contributed by atoms with van der Waals surface area (Å²) >= 11 is 0. The van der Waals surface area contributed by atoms with E-state index in [1.165, 1.54) is 31.4 Å². The van der Waals surface area contributed by atoms with Gasteiger partial charge in [0.2, 0.25) is 5.91 Å². The molecule has 2 aliphatic carbocycles. The molecule has 0 N–H and O–H groups in total. The van der Waals surface area contributed by atoms with Gasteiger partial charge in [-0.2, -0.15) is 0 Å². The third-order valence-electron chi connectivity index (χ3n) is 7.20. The van der Waals surface area contributed by atoms with Crippen LogP contribution in [0.25, 0.3) is 0 Å². The van der Waals surface area contributed by atoms with E-state index in [0.717, 1.165) is 77.1 Å². The van der Waals surface area contributed by atoms with Crippen LogP contribution >= 0.6 is 0 Å². The molecule has 0 unspecified atom stereocenters. The minimum atomic E-state index is 0.343. The number of amides is 1. The van der Waals surface area contributed by atoms with Crippen LogP contribution in [0.2, 0.25) is 0 Å². The second kappa shape index (κ2) is 10.5. The van der Waals surface area contributed by atoms with E-state index >= 15 is 0 Å². The number of allylic oxidation sites excluding steroid dienone is 4. The van der Waals surface area contributed by atoms with E-state index in [0.29, 0.717) is 12.3 Å². The second-order valence-electron chi connectivity index (χ2n) is 8.97. The summed E-state index contributed by atoms with van der Waals surface area (Å²) in [4.78, 5) is 22.3. The summed E-state index contributed by atoms with van der Waals surface area (Å²) in [5, 5.41) is 0. The van der Waals surface area contributed by atoms with Crippen LogP contribution in [0.15, 0.2) is 35.8 Å². The van der Waals surface area contributed by atoms with E-state index in [1.807, 2.05) is 0 Å². The van der Waals surface area contributed by atoms with Gasteiger partial charge < -0.3 is 14.5 Å². The van der Waals surface area contributed by atoms with Crippen LogP contribution in [0.3, 0.4) is 0 Å². The fourth-order valence-electron chi connectivity index (χ4n) is 5.21. The number of piperazine rings is 2. The minimum Gasteiger partial charge on any atom is -0.501 e. The Morgan fingerprint density at radius 2 is 1.73 bits per heavy atom. The van der Waals surface area contributed by atoms with Gasteiger partial charge >= 0.3 is 0 Å². The SMILES string of the molecule is COC1=CC=C(N2CCN(CCC(=O)N3CCN(C4CCCC4)CC3)CC2)C=CC1. The smallest absolute Gasteiger partial charge is 0.223 e. The van der Waals surface area contributed by atoms with Gasteiger partial charge in [-0.25, -0.2) is 0 Å². The van der Waals surface area contributed by atoms with Gasteiger partial charge in [0.05, 0.1) is 12.9 Å². The van der Waals surface area contributed by atoms with E-state index in [1.54, 1.807) is 7.11 Å². The zero-order valence-corrected chi connectivity index (χ0v) is 18.6. The van der Waals surface area contributed by atoms with Crippen molar-refractivity contribution in [2.45, 2.75) is 44.6 Å². The topological polar surface area (TPSA) is 39.3 Å². The van der Waals surface area contributed by atoms with Gasteiger partial charge in [-0.1, -0.05) is 18.9 Å². The highest BCUT2D eigenvalue weighted by Gasteiger charge is 2.28. The summed E-state index contributed by atoms with van der Waals surface area (Å²) in [6.07, 6.45) is 15.6. The van der Waals surface area contributed by atoms with E-state index in [-0.39, 0.29) is 0 Å². The lowest BCUT2D eigenvalue weighted by atomic mass is 10.1. The number of rotatable bonds is 6. The molecule has 2 aliphatic heterocycles. The predicted octanol–water partition coefficient (Wildman–Crippen LogP) is 2.46. The van der Waals surface area contributed by atoms with Crippen LogP contribution in [-0.2, 0) is 9.53 Å². The van der Waals surface area contributed by atoms with Crippen molar-refractivity contribution in [1.29, 1.82) is 0 Å². The van der Waals surface area contributed by atoms with Crippen LogP contribution in [0, 0.1) is 0 Å². The molecule has 30 heavy (non-hydrogen) atoms. The highest BCUT2D eigenvalue weighted by molar-refractivity contribution is 5.76. The molecule has 0 aromatic heterocycles. The average molecular weight is 415 g/mol. The number of methoxy groups -OCH3 is 1. The number of nitrogens with zero attached hydrogens (tertiary/aromatic N) is 4. The number of hydrogen-bond acceptors (Lipinski definition) is 5. The maximum atomic E-state index is 12.7. The summed E-state index contributed by atoms with van der Waals surface area (Å²) < 4.78 is 5.36. The number of ether oxygens (including phenoxy) is 1. The quantitative estimate of drug-likeness (QED) is 0.668. The van der Waals surface area contributed by atoms with Crippen LogP contribution in [0.4, 0.5) is 0 Å². The summed E-state index contributed by atoms with van der Waals surface area (Å²) in [5.41, 5.74) is 1.26. The van der Waals surface area contributed by atoms with Crippen molar-refractivity contribution >= 4 is 5.91 Å². The maximum absolute atomic E-state index is 12.7. The Kier molecular flexibility index (Phi) is 7.50. The summed E-state index contributed by atoms with van der Waals surface area (Å²) in [6, 6.07) is 0.786. The Balaban J connectivity index is 1.16. The van der Waals surface area contributed by atoms with Crippen molar-refractivity contribution in [2.24, 2.45) is 0 Å². The van der Waals surface area contributed by atoms with Gasteiger partial charge in [-0.3, -0.25) is 14.6 Å². The Morgan fingerprint density at radius 3 is 2.43 bits per heavy atom. The lowest BCUT2D eigenvalue weighted by Crippen LogP contribution is -2.52. The van der Waals surface area contributed by atoms with Crippen molar-refractivity contribution in [3.05, 3.63) is 35.8 Å². The fraction of sp³-hybridized carbons (Fsp3) is 0.708. The molecule has 166 valence electrons. The molecule has 3 fully saturated rings. The van der Waals surface area contributed by atoms with E-state index < -0.39 is 0 Å². The molecule has 0 bridgehead atoms. The molecule has 6 heteroatoms. The molecule has 1 amide bonds. The molecule has 6 nitrogen and oxygen atoms in total. The zero-order chi connectivity index (χ0) is 20.8. The van der Waals surface area contributed by atoms with Crippen molar-refractivity contribution in [3.63, 3.8) is 0 Å².